The number of hydrogen-bond donors (Lipinski definition) is 1. The first-order valence-electron chi connectivity index (χ1n) is 10.8. The lowest BCUT2D eigenvalue weighted by atomic mass is 10.1. The Morgan fingerprint density at radius 1 is 1.03 bits per heavy atom. The highest BCUT2D eigenvalue weighted by Crippen LogP contribution is 2.35. The molecule has 8 heteroatoms. The number of carbonyl (C=O) groups excluding carboxylic acids is 1. The summed E-state index contributed by atoms with van der Waals surface area (Å²) in [6.07, 6.45) is 1.13. The summed E-state index contributed by atoms with van der Waals surface area (Å²) in [7, 11) is -3.76. The number of amides is 1. The minimum absolute atomic E-state index is 0.211. The molecule has 1 atom stereocenters. The second-order valence-corrected chi connectivity index (χ2v) is 11.0. The minimum Gasteiger partial charge on any atom is -0.324 e. The smallest absolute Gasteiger partial charge is 0.243 e. The van der Waals surface area contributed by atoms with Gasteiger partial charge in [-0.25, -0.2) is 13.4 Å². The molecule has 4 aromatic rings. The van der Waals surface area contributed by atoms with Gasteiger partial charge in [-0.3, -0.25) is 4.79 Å². The molecule has 6 nitrogen and oxygen atoms in total. The van der Waals surface area contributed by atoms with Gasteiger partial charge in [0, 0.05) is 12.1 Å². The molecular formula is C25H23N3O3S2. The monoisotopic (exact) mass is 477 g/mol. The molecular weight excluding hydrogens is 454 g/mol. The van der Waals surface area contributed by atoms with Gasteiger partial charge >= 0.3 is 0 Å². The fraction of sp³-hybridized carbons (Fsp3) is 0.200. The van der Waals surface area contributed by atoms with E-state index in [0.29, 0.717) is 25.1 Å². The molecule has 0 bridgehead atoms. The van der Waals surface area contributed by atoms with Crippen LogP contribution in [-0.4, -0.2) is 36.2 Å². The minimum atomic E-state index is -3.76. The number of fused-ring (bicyclic) bond motifs is 1. The van der Waals surface area contributed by atoms with Gasteiger partial charge in [-0.2, -0.15) is 4.31 Å². The van der Waals surface area contributed by atoms with Crippen LogP contribution in [0.25, 0.3) is 20.8 Å². The highest BCUT2D eigenvalue weighted by Gasteiger charge is 2.39. The molecule has 1 saturated heterocycles. The van der Waals surface area contributed by atoms with Gasteiger partial charge in [0.15, 0.2) is 0 Å². The summed E-state index contributed by atoms with van der Waals surface area (Å²) in [6.45, 7) is 2.24. The molecule has 1 amide bonds. The number of aryl methyl sites for hydroxylation is 1. The van der Waals surface area contributed by atoms with Crippen molar-refractivity contribution in [3.05, 3.63) is 78.4 Å². The third-order valence-corrected chi connectivity index (χ3v) is 8.84. The van der Waals surface area contributed by atoms with Crippen molar-refractivity contribution in [2.75, 3.05) is 11.9 Å². The van der Waals surface area contributed by atoms with Crippen LogP contribution in [0.15, 0.2) is 77.7 Å². The summed E-state index contributed by atoms with van der Waals surface area (Å²) in [5.74, 6) is -0.322. The Morgan fingerprint density at radius 2 is 1.76 bits per heavy atom. The molecule has 1 fully saturated rings. The van der Waals surface area contributed by atoms with E-state index >= 15 is 0 Å². The van der Waals surface area contributed by atoms with Crippen LogP contribution < -0.4 is 5.32 Å². The molecule has 5 rings (SSSR count). The maximum absolute atomic E-state index is 13.3. The predicted molar refractivity (Wildman–Crippen MR) is 132 cm³/mol. The largest absolute Gasteiger partial charge is 0.324 e. The first-order chi connectivity index (χ1) is 15.9. The van der Waals surface area contributed by atoms with Crippen molar-refractivity contribution in [1.29, 1.82) is 0 Å². The van der Waals surface area contributed by atoms with Crippen LogP contribution in [0.5, 0.6) is 0 Å². The first kappa shape index (κ1) is 21.8. The molecule has 3 aromatic carbocycles. The Labute approximate surface area is 197 Å². The van der Waals surface area contributed by atoms with E-state index in [1.165, 1.54) is 4.31 Å². The summed E-state index contributed by atoms with van der Waals surface area (Å²) in [5.41, 5.74) is 3.33. The summed E-state index contributed by atoms with van der Waals surface area (Å²) in [5, 5.41) is 3.79. The highest BCUT2D eigenvalue weighted by atomic mass is 32.2. The van der Waals surface area contributed by atoms with Crippen LogP contribution in [-0.2, 0) is 14.8 Å². The Hall–Kier alpha value is -3.07. The van der Waals surface area contributed by atoms with E-state index in [2.05, 4.69) is 5.32 Å². The Morgan fingerprint density at radius 3 is 2.55 bits per heavy atom. The zero-order chi connectivity index (χ0) is 23.0. The van der Waals surface area contributed by atoms with E-state index < -0.39 is 16.1 Å². The van der Waals surface area contributed by atoms with Crippen LogP contribution in [0.2, 0.25) is 0 Å². The van der Waals surface area contributed by atoms with Gasteiger partial charge in [0.25, 0.3) is 0 Å². The van der Waals surface area contributed by atoms with Crippen molar-refractivity contribution in [2.45, 2.75) is 30.7 Å². The molecule has 2 heterocycles. The normalized spacial score (nSPS) is 16.8. The van der Waals surface area contributed by atoms with E-state index in [0.717, 1.165) is 26.4 Å². The van der Waals surface area contributed by atoms with Gasteiger partial charge in [-0.15, -0.1) is 11.3 Å². The Kier molecular flexibility index (Phi) is 5.74. The van der Waals surface area contributed by atoms with Crippen LogP contribution >= 0.6 is 11.3 Å². The number of carbonyl (C=O) groups is 1. The predicted octanol–water partition coefficient (Wildman–Crippen LogP) is 5.06. The lowest BCUT2D eigenvalue weighted by molar-refractivity contribution is -0.119. The molecule has 1 aliphatic heterocycles. The van der Waals surface area contributed by atoms with E-state index in [4.69, 9.17) is 4.98 Å². The number of benzene rings is 3. The maximum Gasteiger partial charge on any atom is 0.243 e. The second kappa shape index (κ2) is 8.70. The topological polar surface area (TPSA) is 79.4 Å². The summed E-state index contributed by atoms with van der Waals surface area (Å²) in [6, 6.07) is 21.4. The van der Waals surface area contributed by atoms with Crippen molar-refractivity contribution in [3.63, 3.8) is 0 Å². The molecule has 33 heavy (non-hydrogen) atoms. The average Bonchev–Trinajstić information content (AvgIpc) is 3.47. The second-order valence-electron chi connectivity index (χ2n) is 8.11. The number of rotatable bonds is 5. The summed E-state index contributed by atoms with van der Waals surface area (Å²) >= 11 is 1.56. The van der Waals surface area contributed by atoms with Crippen LogP contribution in [0.3, 0.4) is 0 Å². The van der Waals surface area contributed by atoms with Crippen molar-refractivity contribution < 1.29 is 13.2 Å². The molecule has 0 saturated carbocycles. The number of hydrogen-bond acceptors (Lipinski definition) is 5. The Bertz CT molecular complexity index is 1400. The van der Waals surface area contributed by atoms with E-state index in [9.17, 15) is 13.2 Å². The summed E-state index contributed by atoms with van der Waals surface area (Å²) < 4.78 is 28.9. The van der Waals surface area contributed by atoms with Gasteiger partial charge < -0.3 is 5.32 Å². The van der Waals surface area contributed by atoms with Gasteiger partial charge in [0.1, 0.15) is 11.0 Å². The number of para-hydroxylation sites is 2. The number of sulfonamides is 1. The molecule has 1 aliphatic rings. The zero-order valence-corrected chi connectivity index (χ0v) is 19.7. The fourth-order valence-corrected chi connectivity index (χ4v) is 6.78. The number of anilines is 1. The van der Waals surface area contributed by atoms with Crippen LogP contribution in [0.4, 0.5) is 5.69 Å². The van der Waals surface area contributed by atoms with E-state index in [1.807, 2.05) is 55.5 Å². The molecule has 0 unspecified atom stereocenters. The maximum atomic E-state index is 13.3. The highest BCUT2D eigenvalue weighted by molar-refractivity contribution is 7.89. The van der Waals surface area contributed by atoms with Crippen LogP contribution in [0, 0.1) is 6.92 Å². The van der Waals surface area contributed by atoms with Gasteiger partial charge in [0.05, 0.1) is 20.8 Å². The molecule has 1 aromatic heterocycles. The van der Waals surface area contributed by atoms with E-state index in [1.54, 1.807) is 35.6 Å². The molecule has 0 radical (unpaired) electrons. The third kappa shape index (κ3) is 4.17. The van der Waals surface area contributed by atoms with Crippen molar-refractivity contribution >= 4 is 43.2 Å². The van der Waals surface area contributed by atoms with Gasteiger partial charge in [-0.1, -0.05) is 42.0 Å². The number of nitrogens with one attached hydrogen (secondary N) is 1. The van der Waals surface area contributed by atoms with Crippen molar-refractivity contribution in [2.24, 2.45) is 0 Å². The number of aromatic nitrogens is 1. The molecule has 168 valence electrons. The van der Waals surface area contributed by atoms with E-state index in [-0.39, 0.29) is 10.8 Å². The third-order valence-electron chi connectivity index (χ3n) is 5.84. The molecule has 0 spiro atoms. The van der Waals surface area contributed by atoms with Crippen molar-refractivity contribution in [1.82, 2.24) is 9.29 Å². The molecule has 0 aliphatic carbocycles. The first-order valence-corrected chi connectivity index (χ1v) is 13.0. The van der Waals surface area contributed by atoms with Crippen molar-refractivity contribution in [3.8, 4) is 10.6 Å². The lowest BCUT2D eigenvalue weighted by Gasteiger charge is -2.24. The van der Waals surface area contributed by atoms with Gasteiger partial charge in [-0.05, 0) is 56.2 Å². The molecule has 1 N–H and O–H groups in total. The zero-order valence-electron chi connectivity index (χ0n) is 18.1. The summed E-state index contributed by atoms with van der Waals surface area (Å²) in [4.78, 5) is 18.2. The average molecular weight is 478 g/mol. The standard InChI is InChI=1S/C25H23N3O3S2/c1-17-12-14-18(15-13-17)33(30,31)28-16-6-10-22(28)24(29)26-20-8-3-2-7-19(20)25-27-21-9-4-5-11-23(21)32-25/h2-5,7-9,11-15,22H,6,10,16H2,1H3,(H,26,29)/t22-/m0/s1. The number of nitrogens with zero attached hydrogens (tertiary/aromatic N) is 2. The Balaban J connectivity index is 1.42. The number of thiazole rings is 1. The van der Waals surface area contributed by atoms with Gasteiger partial charge in [0.2, 0.25) is 15.9 Å². The quantitative estimate of drug-likeness (QED) is 0.436. The van der Waals surface area contributed by atoms with Crippen LogP contribution in [0.1, 0.15) is 18.4 Å². The SMILES string of the molecule is Cc1ccc(S(=O)(=O)N2CCC[C@H]2C(=O)Nc2ccccc2-c2nc3ccccc3s2)cc1. The lowest BCUT2D eigenvalue weighted by Crippen LogP contribution is -2.43. The fourth-order valence-electron chi connectivity index (χ4n) is 4.12.